The molecule has 0 bridgehead atoms. The number of carbonyl (C=O) groups excluding carboxylic acids is 3. The number of benzene rings is 2. The standard InChI is InChI=1S/C24H31N3O6S/c1-15(2)21(27-23(29)19-9-5-16(3)6-10-19)24(30)33-17(4)22(28)26-14-13-18-7-11-20(12-8-18)34(25,31)32/h5-12,15,17,21H,13-14H2,1-4H3,(H,26,28)(H,27,29)(H2,25,31,32)/t17?,21-/m0/s1. The Bertz CT molecular complexity index is 1110. The predicted molar refractivity (Wildman–Crippen MR) is 127 cm³/mol. The lowest BCUT2D eigenvalue weighted by molar-refractivity contribution is -0.157. The number of rotatable bonds is 10. The van der Waals surface area contributed by atoms with Crippen LogP contribution in [-0.4, -0.2) is 44.9 Å². The van der Waals surface area contributed by atoms with E-state index in [-0.39, 0.29) is 17.4 Å². The summed E-state index contributed by atoms with van der Waals surface area (Å²) in [5, 5.41) is 10.4. The van der Waals surface area contributed by atoms with E-state index in [1.807, 2.05) is 6.92 Å². The maximum Gasteiger partial charge on any atom is 0.329 e. The van der Waals surface area contributed by atoms with Crippen LogP contribution in [0.4, 0.5) is 0 Å². The third-order valence-electron chi connectivity index (χ3n) is 5.15. The molecule has 0 aliphatic carbocycles. The van der Waals surface area contributed by atoms with E-state index in [2.05, 4.69) is 10.6 Å². The first-order valence-electron chi connectivity index (χ1n) is 10.9. The molecule has 10 heteroatoms. The summed E-state index contributed by atoms with van der Waals surface area (Å²) in [6, 6.07) is 12.1. The molecule has 34 heavy (non-hydrogen) atoms. The Balaban J connectivity index is 1.87. The van der Waals surface area contributed by atoms with E-state index in [4.69, 9.17) is 9.88 Å². The number of primary sulfonamides is 1. The van der Waals surface area contributed by atoms with Gasteiger partial charge in [-0.05, 0) is 56.0 Å². The lowest BCUT2D eigenvalue weighted by Crippen LogP contribution is -2.47. The molecular formula is C24H31N3O6S. The van der Waals surface area contributed by atoms with Gasteiger partial charge in [0.25, 0.3) is 11.8 Å². The smallest absolute Gasteiger partial charge is 0.329 e. The number of sulfonamides is 1. The summed E-state index contributed by atoms with van der Waals surface area (Å²) in [6.45, 7) is 7.16. The number of amides is 2. The Kier molecular flexibility index (Phi) is 9.34. The van der Waals surface area contributed by atoms with Gasteiger partial charge in [0.2, 0.25) is 10.0 Å². The average Bonchev–Trinajstić information content (AvgIpc) is 2.77. The first-order valence-corrected chi connectivity index (χ1v) is 12.4. The van der Waals surface area contributed by atoms with Gasteiger partial charge >= 0.3 is 5.97 Å². The molecule has 0 saturated heterocycles. The van der Waals surface area contributed by atoms with Gasteiger partial charge in [0, 0.05) is 12.1 Å². The minimum atomic E-state index is -3.76. The Morgan fingerprint density at radius 2 is 1.56 bits per heavy atom. The van der Waals surface area contributed by atoms with Crippen molar-refractivity contribution in [2.24, 2.45) is 11.1 Å². The fourth-order valence-electron chi connectivity index (χ4n) is 3.05. The van der Waals surface area contributed by atoms with E-state index < -0.39 is 40.0 Å². The van der Waals surface area contributed by atoms with E-state index >= 15 is 0 Å². The molecule has 2 aromatic rings. The van der Waals surface area contributed by atoms with Crippen molar-refractivity contribution in [2.45, 2.75) is 51.2 Å². The van der Waals surface area contributed by atoms with Crippen molar-refractivity contribution in [3.05, 3.63) is 65.2 Å². The molecule has 2 atom stereocenters. The van der Waals surface area contributed by atoms with Crippen molar-refractivity contribution in [2.75, 3.05) is 6.54 Å². The molecule has 0 aromatic heterocycles. The summed E-state index contributed by atoms with van der Waals surface area (Å²) in [5.41, 5.74) is 2.24. The molecule has 0 radical (unpaired) electrons. The summed E-state index contributed by atoms with van der Waals surface area (Å²) in [6.07, 6.45) is -0.617. The lowest BCUT2D eigenvalue weighted by Gasteiger charge is -2.23. The highest BCUT2D eigenvalue weighted by Crippen LogP contribution is 2.11. The molecule has 184 valence electrons. The SMILES string of the molecule is Cc1ccc(C(=O)N[C@H](C(=O)OC(C)C(=O)NCCc2ccc(S(N)(=O)=O)cc2)C(C)C)cc1. The molecule has 0 fully saturated rings. The van der Waals surface area contributed by atoms with E-state index in [0.717, 1.165) is 11.1 Å². The number of hydrogen-bond acceptors (Lipinski definition) is 6. The van der Waals surface area contributed by atoms with Crippen molar-refractivity contribution in [1.82, 2.24) is 10.6 Å². The van der Waals surface area contributed by atoms with Gasteiger partial charge in [-0.1, -0.05) is 43.7 Å². The fourth-order valence-corrected chi connectivity index (χ4v) is 3.56. The zero-order valence-electron chi connectivity index (χ0n) is 19.7. The predicted octanol–water partition coefficient (Wildman–Crippen LogP) is 1.69. The first-order chi connectivity index (χ1) is 15.9. The number of nitrogens with two attached hydrogens (primary N) is 1. The highest BCUT2D eigenvalue weighted by atomic mass is 32.2. The van der Waals surface area contributed by atoms with Crippen LogP contribution in [0, 0.1) is 12.8 Å². The van der Waals surface area contributed by atoms with Crippen LogP contribution in [0.15, 0.2) is 53.4 Å². The zero-order chi connectivity index (χ0) is 25.5. The fraction of sp³-hybridized carbons (Fsp3) is 0.375. The van der Waals surface area contributed by atoms with Gasteiger partial charge in [-0.3, -0.25) is 9.59 Å². The molecule has 0 aliphatic heterocycles. The third kappa shape index (κ3) is 7.96. The van der Waals surface area contributed by atoms with Gasteiger partial charge < -0.3 is 15.4 Å². The molecule has 0 spiro atoms. The summed E-state index contributed by atoms with van der Waals surface area (Å²) in [7, 11) is -3.76. The van der Waals surface area contributed by atoms with Crippen molar-refractivity contribution < 1.29 is 27.5 Å². The van der Waals surface area contributed by atoms with Crippen LogP contribution in [0.2, 0.25) is 0 Å². The molecule has 4 N–H and O–H groups in total. The molecule has 2 rings (SSSR count). The maximum absolute atomic E-state index is 12.7. The van der Waals surface area contributed by atoms with Crippen LogP contribution >= 0.6 is 0 Å². The normalized spacial score (nSPS) is 13.1. The number of hydrogen-bond donors (Lipinski definition) is 3. The van der Waals surface area contributed by atoms with E-state index in [9.17, 15) is 22.8 Å². The van der Waals surface area contributed by atoms with Crippen LogP contribution in [-0.2, 0) is 30.8 Å². The van der Waals surface area contributed by atoms with Crippen molar-refractivity contribution in [3.63, 3.8) is 0 Å². The topological polar surface area (TPSA) is 145 Å². The van der Waals surface area contributed by atoms with Crippen molar-refractivity contribution >= 4 is 27.8 Å². The second-order valence-corrected chi connectivity index (χ2v) is 9.93. The minimum absolute atomic E-state index is 0.00926. The maximum atomic E-state index is 12.7. The Labute approximate surface area is 200 Å². The summed E-state index contributed by atoms with van der Waals surface area (Å²) in [4.78, 5) is 37.5. The van der Waals surface area contributed by atoms with Crippen LogP contribution in [0.25, 0.3) is 0 Å². The highest BCUT2D eigenvalue weighted by Gasteiger charge is 2.29. The van der Waals surface area contributed by atoms with Crippen molar-refractivity contribution in [3.8, 4) is 0 Å². The number of carbonyl (C=O) groups is 3. The second-order valence-electron chi connectivity index (χ2n) is 8.37. The van der Waals surface area contributed by atoms with Gasteiger partial charge in [-0.15, -0.1) is 0 Å². The highest BCUT2D eigenvalue weighted by molar-refractivity contribution is 7.89. The van der Waals surface area contributed by atoms with E-state index in [0.29, 0.717) is 12.0 Å². The number of ether oxygens (including phenoxy) is 1. The quantitative estimate of drug-likeness (QED) is 0.433. The molecule has 9 nitrogen and oxygen atoms in total. The number of esters is 1. The number of nitrogens with one attached hydrogen (secondary N) is 2. The zero-order valence-corrected chi connectivity index (χ0v) is 20.5. The molecular weight excluding hydrogens is 458 g/mol. The Morgan fingerprint density at radius 1 is 0.971 bits per heavy atom. The monoisotopic (exact) mass is 489 g/mol. The summed E-state index contributed by atoms with van der Waals surface area (Å²) >= 11 is 0. The summed E-state index contributed by atoms with van der Waals surface area (Å²) < 4.78 is 27.9. The van der Waals surface area contributed by atoms with Crippen molar-refractivity contribution in [1.29, 1.82) is 0 Å². The third-order valence-corrected chi connectivity index (χ3v) is 6.08. The minimum Gasteiger partial charge on any atom is -0.451 e. The van der Waals surface area contributed by atoms with Gasteiger partial charge in [0.1, 0.15) is 6.04 Å². The first kappa shape index (κ1) is 27.0. The van der Waals surface area contributed by atoms with Gasteiger partial charge in [0.05, 0.1) is 4.90 Å². The number of aryl methyl sites for hydroxylation is 1. The molecule has 2 aromatic carbocycles. The van der Waals surface area contributed by atoms with E-state index in [1.165, 1.54) is 19.1 Å². The molecule has 0 aliphatic rings. The molecule has 0 heterocycles. The molecule has 1 unspecified atom stereocenters. The van der Waals surface area contributed by atoms with Crippen LogP contribution in [0.1, 0.15) is 42.3 Å². The van der Waals surface area contributed by atoms with Crippen LogP contribution in [0.5, 0.6) is 0 Å². The molecule has 0 saturated carbocycles. The second kappa shape index (κ2) is 11.8. The Morgan fingerprint density at radius 3 is 2.09 bits per heavy atom. The van der Waals surface area contributed by atoms with E-state index in [1.54, 1.807) is 50.2 Å². The van der Waals surface area contributed by atoms with Gasteiger partial charge in [-0.2, -0.15) is 0 Å². The Hall–Kier alpha value is -3.24. The van der Waals surface area contributed by atoms with Crippen LogP contribution < -0.4 is 15.8 Å². The van der Waals surface area contributed by atoms with Crippen LogP contribution in [0.3, 0.4) is 0 Å². The van der Waals surface area contributed by atoms with Gasteiger partial charge in [0.15, 0.2) is 6.10 Å². The molecule has 2 amide bonds. The lowest BCUT2D eigenvalue weighted by atomic mass is 10.0. The summed E-state index contributed by atoms with van der Waals surface area (Å²) in [5.74, 6) is -1.84. The van der Waals surface area contributed by atoms with Gasteiger partial charge in [-0.25, -0.2) is 18.4 Å². The largest absolute Gasteiger partial charge is 0.451 e. The average molecular weight is 490 g/mol.